The van der Waals surface area contributed by atoms with Crippen molar-refractivity contribution in [3.8, 4) is 11.5 Å². The second-order valence-electron chi connectivity index (χ2n) is 17.9. The number of nitrogens with zero attached hydrogens (tertiary/aromatic N) is 2. The molecule has 63 heavy (non-hydrogen) atoms. The first-order valence-corrected chi connectivity index (χ1v) is 21.9. The number of rotatable bonds is 13. The summed E-state index contributed by atoms with van der Waals surface area (Å²) >= 11 is 5.71. The minimum atomic E-state index is -1.41. The van der Waals surface area contributed by atoms with Gasteiger partial charge in [-0.15, -0.1) is 0 Å². The van der Waals surface area contributed by atoms with E-state index in [-0.39, 0.29) is 23.4 Å². The number of halogens is 1. The van der Waals surface area contributed by atoms with Crippen LogP contribution in [0.5, 0.6) is 11.5 Å². The van der Waals surface area contributed by atoms with Crippen molar-refractivity contribution in [1.82, 2.24) is 15.1 Å². The van der Waals surface area contributed by atoms with Crippen LogP contribution < -0.4 is 14.8 Å². The molecule has 0 saturated carbocycles. The Labute approximate surface area is 377 Å². The van der Waals surface area contributed by atoms with Crippen LogP contribution in [0.3, 0.4) is 0 Å². The Morgan fingerprint density at radius 2 is 1.13 bits per heavy atom. The number of nitrogens with one attached hydrogen (secondary N) is 1. The summed E-state index contributed by atoms with van der Waals surface area (Å²) in [6, 6.07) is 7.33. The molecule has 3 amide bonds. The van der Waals surface area contributed by atoms with E-state index in [4.69, 9.17) is 40.0 Å². The third-order valence-corrected chi connectivity index (χ3v) is 11.0. The zero-order valence-corrected chi connectivity index (χ0v) is 40.1. The van der Waals surface area contributed by atoms with Gasteiger partial charge in [0.1, 0.15) is 22.6 Å². The number of esters is 1. The van der Waals surface area contributed by atoms with Crippen molar-refractivity contribution >= 4 is 47.4 Å². The van der Waals surface area contributed by atoms with E-state index in [9.17, 15) is 28.8 Å². The molecule has 0 aliphatic carbocycles. The highest BCUT2D eigenvalue weighted by atomic mass is 35.5. The summed E-state index contributed by atoms with van der Waals surface area (Å²) in [4.78, 5) is 78.2. The van der Waals surface area contributed by atoms with Crippen molar-refractivity contribution < 1.29 is 57.2 Å². The SMILES string of the molecule is COc1cc(C(=O)CC2CCCN(C(=O)OC(C)Cl)C2)cc(C)c1C.COc1cc(C(=O)CC2CCCN(C(=O)OC(C)OC(=O)C(C)(C)NC(=O)OC(C)(C)C)C2)cc(C)c1C. The maximum Gasteiger partial charge on any atom is 0.412 e. The van der Waals surface area contributed by atoms with Crippen LogP contribution in [0.15, 0.2) is 24.3 Å². The van der Waals surface area contributed by atoms with E-state index in [1.54, 1.807) is 58.9 Å². The standard InChI is InChI=1S/C28H42N2O8.C19H26ClNO4/c1-17-13-21(15-23(35-9)18(17)2)22(31)14-20-11-10-12-30(16-20)26(34)37-19(3)36-24(32)28(7,8)29-25(33)38-27(4,5)6;1-12-8-16(10-18(24-4)13(12)2)17(22)9-15-6-5-7-21(11-15)19(23)25-14(3)20/h13,15,19-20H,10-12,14,16H2,1-9H3,(H,29,33);8,10,14-15H,5-7,9,11H2,1-4H3. The molecule has 4 atom stereocenters. The van der Waals surface area contributed by atoms with E-state index in [0.29, 0.717) is 55.9 Å². The van der Waals surface area contributed by atoms with Crippen LogP contribution in [-0.4, -0.2) is 109 Å². The molecule has 1 N–H and O–H groups in total. The molecule has 0 aromatic heterocycles. The molecular weight excluding hydrogens is 834 g/mol. The molecule has 4 unspecified atom stereocenters. The fourth-order valence-corrected chi connectivity index (χ4v) is 7.39. The fraction of sp³-hybridized carbons (Fsp3) is 0.617. The number of ketones is 2. The zero-order chi connectivity index (χ0) is 47.4. The Morgan fingerprint density at radius 3 is 1.52 bits per heavy atom. The van der Waals surface area contributed by atoms with Gasteiger partial charge >= 0.3 is 24.2 Å². The van der Waals surface area contributed by atoms with Gasteiger partial charge in [0.2, 0.25) is 6.29 Å². The number of amides is 3. The molecule has 350 valence electrons. The van der Waals surface area contributed by atoms with Gasteiger partial charge in [0, 0.05) is 57.1 Å². The largest absolute Gasteiger partial charge is 0.496 e. The summed E-state index contributed by atoms with van der Waals surface area (Å²) in [6.45, 7) is 20.9. The third kappa shape index (κ3) is 16.2. The maximum absolute atomic E-state index is 13.0. The Hall–Kier alpha value is -5.05. The lowest BCUT2D eigenvalue weighted by atomic mass is 9.90. The van der Waals surface area contributed by atoms with E-state index in [2.05, 4.69) is 5.32 Å². The Bertz CT molecular complexity index is 1960. The number of methoxy groups -OCH3 is 2. The van der Waals surface area contributed by atoms with Crippen LogP contribution in [0.1, 0.15) is 130 Å². The van der Waals surface area contributed by atoms with Crippen LogP contribution in [0.25, 0.3) is 0 Å². The number of hydrogen-bond donors (Lipinski definition) is 1. The molecule has 0 bridgehead atoms. The third-order valence-electron chi connectivity index (χ3n) is 11.0. The number of ether oxygens (including phenoxy) is 6. The summed E-state index contributed by atoms with van der Waals surface area (Å²) in [5.41, 5.74) is 2.52. The minimum Gasteiger partial charge on any atom is -0.496 e. The summed E-state index contributed by atoms with van der Waals surface area (Å²) in [5.74, 6) is 0.803. The molecule has 0 radical (unpaired) electrons. The predicted molar refractivity (Wildman–Crippen MR) is 239 cm³/mol. The quantitative estimate of drug-likeness (QED) is 0.0664. The Kier molecular flexibility index (Phi) is 19.1. The Morgan fingerprint density at radius 1 is 0.698 bits per heavy atom. The number of carbonyl (C=O) groups is 6. The first kappa shape index (κ1) is 52.3. The molecule has 15 nitrogen and oxygen atoms in total. The summed E-state index contributed by atoms with van der Waals surface area (Å²) in [6.07, 6.45) is 1.04. The number of hydrogen-bond acceptors (Lipinski definition) is 12. The smallest absolute Gasteiger partial charge is 0.412 e. The van der Waals surface area contributed by atoms with Gasteiger partial charge in [-0.3, -0.25) is 9.59 Å². The number of aryl methyl sites for hydroxylation is 2. The normalized spacial score (nSPS) is 17.5. The molecule has 2 aliphatic rings. The molecule has 2 aromatic rings. The van der Waals surface area contributed by atoms with E-state index < -0.39 is 47.2 Å². The lowest BCUT2D eigenvalue weighted by molar-refractivity contribution is -0.173. The van der Waals surface area contributed by atoms with Crippen molar-refractivity contribution in [2.75, 3.05) is 40.4 Å². The van der Waals surface area contributed by atoms with Crippen molar-refractivity contribution in [3.63, 3.8) is 0 Å². The average molecular weight is 903 g/mol. The number of alkyl carbamates (subject to hydrolysis) is 1. The van der Waals surface area contributed by atoms with Crippen LogP contribution >= 0.6 is 11.6 Å². The Balaban J connectivity index is 0.000000365. The van der Waals surface area contributed by atoms with Crippen LogP contribution in [0.4, 0.5) is 14.4 Å². The molecule has 2 aromatic carbocycles. The number of likely N-dealkylation sites (tertiary alicyclic amines) is 2. The van der Waals surface area contributed by atoms with Crippen LogP contribution in [-0.2, 0) is 23.7 Å². The lowest BCUT2D eigenvalue weighted by Crippen LogP contribution is -2.53. The summed E-state index contributed by atoms with van der Waals surface area (Å²) in [7, 11) is 3.19. The minimum absolute atomic E-state index is 0.00589. The van der Waals surface area contributed by atoms with Gasteiger partial charge in [-0.05, 0) is 153 Å². The number of benzene rings is 2. The lowest BCUT2D eigenvalue weighted by Gasteiger charge is -2.33. The highest BCUT2D eigenvalue weighted by molar-refractivity contribution is 6.19. The molecule has 2 heterocycles. The van der Waals surface area contributed by atoms with Crippen molar-refractivity contribution in [1.29, 1.82) is 0 Å². The van der Waals surface area contributed by atoms with Gasteiger partial charge in [0.05, 0.1) is 14.2 Å². The number of alkyl halides is 1. The van der Waals surface area contributed by atoms with Gasteiger partial charge in [-0.1, -0.05) is 11.6 Å². The summed E-state index contributed by atoms with van der Waals surface area (Å²) < 4.78 is 31.6. The first-order chi connectivity index (χ1) is 29.3. The van der Waals surface area contributed by atoms with Gasteiger partial charge in [0.15, 0.2) is 17.1 Å². The molecular formula is C47H68ClN3O12. The molecule has 0 spiro atoms. The van der Waals surface area contributed by atoms with E-state index in [0.717, 1.165) is 53.7 Å². The topological polar surface area (TPSA) is 176 Å². The number of Topliss-reactive ketones (excluding diaryl/α,β-unsaturated/α-hetero) is 2. The van der Waals surface area contributed by atoms with Gasteiger partial charge < -0.3 is 43.5 Å². The first-order valence-electron chi connectivity index (χ1n) is 21.5. The molecule has 16 heteroatoms. The van der Waals surface area contributed by atoms with Crippen molar-refractivity contribution in [2.45, 2.75) is 138 Å². The van der Waals surface area contributed by atoms with Crippen LogP contribution in [0.2, 0.25) is 0 Å². The summed E-state index contributed by atoms with van der Waals surface area (Å²) in [5, 5.41) is 2.46. The van der Waals surface area contributed by atoms with E-state index in [1.165, 1.54) is 25.7 Å². The zero-order valence-electron chi connectivity index (χ0n) is 39.4. The van der Waals surface area contributed by atoms with Crippen molar-refractivity contribution in [2.24, 2.45) is 11.8 Å². The monoisotopic (exact) mass is 901 g/mol. The maximum atomic E-state index is 13.0. The molecule has 2 saturated heterocycles. The van der Waals surface area contributed by atoms with E-state index >= 15 is 0 Å². The van der Waals surface area contributed by atoms with Gasteiger partial charge in [-0.2, -0.15) is 0 Å². The van der Waals surface area contributed by atoms with Gasteiger partial charge in [0.25, 0.3) is 0 Å². The molecule has 4 rings (SSSR count). The van der Waals surface area contributed by atoms with Gasteiger partial charge in [-0.25, -0.2) is 19.2 Å². The molecule has 2 aliphatic heterocycles. The van der Waals surface area contributed by atoms with Crippen LogP contribution in [0, 0.1) is 39.5 Å². The second kappa shape index (κ2) is 23.0. The number of carbonyl (C=O) groups excluding carboxylic acids is 6. The molecule has 2 fully saturated rings. The van der Waals surface area contributed by atoms with E-state index in [1.807, 2.05) is 39.8 Å². The van der Waals surface area contributed by atoms with Crippen molar-refractivity contribution in [3.05, 3.63) is 57.6 Å². The highest BCUT2D eigenvalue weighted by Crippen LogP contribution is 2.29. The fourth-order valence-electron chi connectivity index (χ4n) is 7.32. The number of piperidine rings is 2. The second-order valence-corrected chi connectivity index (χ2v) is 18.6. The highest BCUT2D eigenvalue weighted by Gasteiger charge is 2.36. The predicted octanol–water partition coefficient (Wildman–Crippen LogP) is 9.24. The average Bonchev–Trinajstić information content (AvgIpc) is 3.18.